The monoisotopic (exact) mass is 353 g/mol. The molecule has 0 saturated carbocycles. The van der Waals surface area contributed by atoms with Crippen molar-refractivity contribution in [1.29, 1.82) is 0 Å². The number of carbonyl (C=O) groups excluding carboxylic acids is 1. The molecule has 24 heavy (non-hydrogen) atoms. The van der Waals surface area contributed by atoms with E-state index in [1.54, 1.807) is 31.2 Å². The van der Waals surface area contributed by atoms with Crippen LogP contribution >= 0.6 is 0 Å². The van der Waals surface area contributed by atoms with E-state index in [-0.39, 0.29) is 5.91 Å². The molecule has 0 aliphatic carbocycles. The highest BCUT2D eigenvalue weighted by molar-refractivity contribution is 7.92. The lowest BCUT2D eigenvalue weighted by molar-refractivity contribution is -0.121. The zero-order valence-electron chi connectivity index (χ0n) is 14.4. The molecule has 1 heterocycles. The minimum absolute atomic E-state index is 0.273. The highest BCUT2D eigenvalue weighted by Gasteiger charge is 2.28. The fourth-order valence-electron chi connectivity index (χ4n) is 3.05. The van der Waals surface area contributed by atoms with Crippen LogP contribution < -0.4 is 9.62 Å². The molecule has 1 atom stereocenters. The topological polar surface area (TPSA) is 69.7 Å². The average molecular weight is 353 g/mol. The molecule has 0 spiro atoms. The summed E-state index contributed by atoms with van der Waals surface area (Å²) in [5, 5.41) is 2.86. The Labute approximate surface area is 144 Å². The summed E-state index contributed by atoms with van der Waals surface area (Å²) in [4.78, 5) is 14.8. The SMILES string of the molecule is CC(C(=O)NCCCN1CCCC1)N(c1ccccc1)S(C)(=O)=O. The molecule has 1 aromatic rings. The number of nitrogens with one attached hydrogen (secondary N) is 1. The van der Waals surface area contributed by atoms with Gasteiger partial charge in [0.2, 0.25) is 15.9 Å². The number of carbonyl (C=O) groups is 1. The zero-order chi connectivity index (χ0) is 17.6. The van der Waals surface area contributed by atoms with Gasteiger partial charge in [0, 0.05) is 6.54 Å². The summed E-state index contributed by atoms with van der Waals surface area (Å²) in [7, 11) is -3.54. The summed E-state index contributed by atoms with van der Waals surface area (Å²) in [6.45, 7) is 5.43. The molecule has 1 amide bonds. The summed E-state index contributed by atoms with van der Waals surface area (Å²) in [6, 6.07) is 7.93. The predicted molar refractivity (Wildman–Crippen MR) is 96.5 cm³/mol. The van der Waals surface area contributed by atoms with Crippen LogP contribution in [0.2, 0.25) is 0 Å². The summed E-state index contributed by atoms with van der Waals surface area (Å²) >= 11 is 0. The third-order valence-corrected chi connectivity index (χ3v) is 5.49. The normalized spacial score (nSPS) is 16.8. The van der Waals surface area contributed by atoms with Gasteiger partial charge in [-0.15, -0.1) is 0 Å². The predicted octanol–water partition coefficient (Wildman–Crippen LogP) is 1.44. The minimum atomic E-state index is -3.54. The largest absolute Gasteiger partial charge is 0.354 e. The zero-order valence-corrected chi connectivity index (χ0v) is 15.3. The second-order valence-electron chi connectivity index (χ2n) is 6.26. The first-order valence-corrected chi connectivity index (χ1v) is 10.3. The van der Waals surface area contributed by atoms with Crippen LogP contribution in [0.4, 0.5) is 5.69 Å². The highest BCUT2D eigenvalue weighted by Crippen LogP contribution is 2.20. The van der Waals surface area contributed by atoms with Crippen LogP contribution in [-0.2, 0) is 14.8 Å². The first-order chi connectivity index (χ1) is 11.4. The molecule has 0 radical (unpaired) electrons. The molecule has 2 rings (SSSR count). The number of amides is 1. The van der Waals surface area contributed by atoms with Crippen molar-refractivity contribution in [3.63, 3.8) is 0 Å². The number of sulfonamides is 1. The number of hydrogen-bond donors (Lipinski definition) is 1. The van der Waals surface area contributed by atoms with Crippen molar-refractivity contribution in [1.82, 2.24) is 10.2 Å². The highest BCUT2D eigenvalue weighted by atomic mass is 32.2. The van der Waals surface area contributed by atoms with Crippen LogP contribution in [-0.4, -0.2) is 57.7 Å². The Morgan fingerprint density at radius 3 is 2.46 bits per heavy atom. The van der Waals surface area contributed by atoms with Gasteiger partial charge in [0.1, 0.15) is 6.04 Å². The average Bonchev–Trinajstić information content (AvgIpc) is 3.04. The van der Waals surface area contributed by atoms with Gasteiger partial charge in [0.05, 0.1) is 11.9 Å². The van der Waals surface area contributed by atoms with Crippen molar-refractivity contribution in [2.45, 2.75) is 32.2 Å². The van der Waals surface area contributed by atoms with E-state index < -0.39 is 16.1 Å². The van der Waals surface area contributed by atoms with Crippen LogP contribution in [0.15, 0.2) is 30.3 Å². The second-order valence-corrected chi connectivity index (χ2v) is 8.12. The third kappa shape index (κ3) is 5.21. The molecular formula is C17H27N3O3S. The molecule has 7 heteroatoms. The second kappa shape index (κ2) is 8.48. The molecule has 1 aromatic carbocycles. The molecule has 1 aliphatic rings. The fourth-order valence-corrected chi connectivity index (χ4v) is 4.23. The maximum absolute atomic E-state index is 12.4. The summed E-state index contributed by atoms with van der Waals surface area (Å²) < 4.78 is 25.4. The van der Waals surface area contributed by atoms with Gasteiger partial charge in [-0.1, -0.05) is 18.2 Å². The van der Waals surface area contributed by atoms with E-state index in [9.17, 15) is 13.2 Å². The number of para-hydroxylation sites is 1. The molecule has 1 fully saturated rings. The first-order valence-electron chi connectivity index (χ1n) is 8.44. The maximum Gasteiger partial charge on any atom is 0.243 e. The number of benzene rings is 1. The van der Waals surface area contributed by atoms with Crippen LogP contribution in [0.1, 0.15) is 26.2 Å². The molecule has 1 N–H and O–H groups in total. The Balaban J connectivity index is 1.91. The molecule has 1 unspecified atom stereocenters. The third-order valence-electron chi connectivity index (χ3n) is 4.25. The van der Waals surface area contributed by atoms with Crippen molar-refractivity contribution in [2.75, 3.05) is 36.7 Å². The van der Waals surface area contributed by atoms with Crippen molar-refractivity contribution in [3.8, 4) is 0 Å². The van der Waals surface area contributed by atoms with Gasteiger partial charge >= 0.3 is 0 Å². The van der Waals surface area contributed by atoms with Crippen molar-refractivity contribution in [2.24, 2.45) is 0 Å². The van der Waals surface area contributed by atoms with Gasteiger partial charge in [-0.3, -0.25) is 9.10 Å². The number of hydrogen-bond acceptors (Lipinski definition) is 4. The molecule has 0 bridgehead atoms. The molecule has 6 nitrogen and oxygen atoms in total. The molecule has 134 valence electrons. The quantitative estimate of drug-likeness (QED) is 0.718. The Bertz CT molecular complexity index is 628. The van der Waals surface area contributed by atoms with E-state index in [2.05, 4.69) is 10.2 Å². The Hall–Kier alpha value is -1.60. The standard InChI is InChI=1S/C17H27N3O3S/c1-15(17(21)18-11-8-14-19-12-6-7-13-19)20(24(2,22)23)16-9-4-3-5-10-16/h3-5,9-10,15H,6-8,11-14H2,1-2H3,(H,18,21). The Morgan fingerprint density at radius 1 is 1.25 bits per heavy atom. The maximum atomic E-state index is 12.4. The van der Waals surface area contributed by atoms with Gasteiger partial charge in [-0.25, -0.2) is 8.42 Å². The van der Waals surface area contributed by atoms with Crippen molar-refractivity contribution >= 4 is 21.6 Å². The summed E-state index contributed by atoms with van der Waals surface area (Å²) in [5.74, 6) is -0.273. The van der Waals surface area contributed by atoms with Gasteiger partial charge in [0.25, 0.3) is 0 Å². The number of rotatable bonds is 8. The minimum Gasteiger partial charge on any atom is -0.354 e. The van der Waals surface area contributed by atoms with E-state index in [1.807, 2.05) is 6.07 Å². The number of nitrogens with zero attached hydrogens (tertiary/aromatic N) is 2. The van der Waals surface area contributed by atoms with E-state index in [4.69, 9.17) is 0 Å². The van der Waals surface area contributed by atoms with Crippen LogP contribution in [0.5, 0.6) is 0 Å². The smallest absolute Gasteiger partial charge is 0.243 e. The van der Waals surface area contributed by atoms with Crippen LogP contribution in [0, 0.1) is 0 Å². The van der Waals surface area contributed by atoms with E-state index in [0.29, 0.717) is 12.2 Å². The molecule has 0 aromatic heterocycles. The van der Waals surface area contributed by atoms with E-state index in [0.717, 1.165) is 32.3 Å². The summed E-state index contributed by atoms with van der Waals surface area (Å²) in [5.41, 5.74) is 0.500. The molecular weight excluding hydrogens is 326 g/mol. The van der Waals surface area contributed by atoms with Crippen LogP contribution in [0.25, 0.3) is 0 Å². The summed E-state index contributed by atoms with van der Waals surface area (Å²) in [6.07, 6.45) is 4.51. The lowest BCUT2D eigenvalue weighted by Gasteiger charge is -2.28. The van der Waals surface area contributed by atoms with Gasteiger partial charge in [-0.2, -0.15) is 0 Å². The lowest BCUT2D eigenvalue weighted by Crippen LogP contribution is -2.48. The van der Waals surface area contributed by atoms with E-state index >= 15 is 0 Å². The van der Waals surface area contributed by atoms with Crippen molar-refractivity contribution < 1.29 is 13.2 Å². The Kier molecular flexibility index (Phi) is 6.62. The van der Waals surface area contributed by atoms with Gasteiger partial charge in [-0.05, 0) is 58.0 Å². The molecule has 1 saturated heterocycles. The molecule has 1 aliphatic heterocycles. The number of anilines is 1. The van der Waals surface area contributed by atoms with Gasteiger partial charge in [0.15, 0.2) is 0 Å². The lowest BCUT2D eigenvalue weighted by atomic mass is 10.2. The fraction of sp³-hybridized carbons (Fsp3) is 0.588. The van der Waals surface area contributed by atoms with E-state index in [1.165, 1.54) is 17.1 Å². The van der Waals surface area contributed by atoms with Crippen molar-refractivity contribution in [3.05, 3.63) is 30.3 Å². The number of likely N-dealkylation sites (tertiary alicyclic amines) is 1. The van der Waals surface area contributed by atoms with Crippen LogP contribution in [0.3, 0.4) is 0 Å². The first kappa shape index (κ1) is 18.7. The Morgan fingerprint density at radius 2 is 1.88 bits per heavy atom. The van der Waals surface area contributed by atoms with Gasteiger partial charge < -0.3 is 10.2 Å².